The molecule has 0 bridgehead atoms. The van der Waals surface area contributed by atoms with Gasteiger partial charge in [-0.05, 0) is 60.7 Å². The summed E-state index contributed by atoms with van der Waals surface area (Å²) < 4.78 is 28.8. The van der Waals surface area contributed by atoms with E-state index in [4.69, 9.17) is 5.73 Å². The van der Waals surface area contributed by atoms with Crippen LogP contribution in [0.5, 0.6) is 0 Å². The summed E-state index contributed by atoms with van der Waals surface area (Å²) in [6.45, 7) is 1.25. The van der Waals surface area contributed by atoms with Crippen molar-refractivity contribution in [3.05, 3.63) is 83.4 Å². The maximum Gasteiger partial charge on any atom is 0.137 e. The number of hydrogen-bond acceptors (Lipinski definition) is 4. The van der Waals surface area contributed by atoms with Crippen LogP contribution in [0.15, 0.2) is 70.5 Å². The zero-order valence-electron chi connectivity index (χ0n) is 16.7. The fraction of sp³-hybridized carbons (Fsp3) is 0.250. The second kappa shape index (κ2) is 9.71. The van der Waals surface area contributed by atoms with Crippen molar-refractivity contribution in [3.63, 3.8) is 0 Å². The first kappa shape index (κ1) is 22.4. The number of halogens is 2. The molecule has 0 aromatic heterocycles. The molecule has 0 atom stereocenters. The Morgan fingerprint density at radius 2 is 1.60 bits per heavy atom. The maximum atomic E-state index is 14.7. The molecule has 0 saturated heterocycles. The number of aryl methyl sites for hydroxylation is 2. The zero-order chi connectivity index (χ0) is 21.7. The molecular weight excluding hydrogens is 404 g/mol. The Morgan fingerprint density at radius 1 is 0.900 bits per heavy atom. The fourth-order valence-electron chi connectivity index (χ4n) is 3.06. The van der Waals surface area contributed by atoms with Gasteiger partial charge in [0.15, 0.2) is 0 Å². The van der Waals surface area contributed by atoms with E-state index in [0.717, 1.165) is 16.7 Å². The third-order valence-electron chi connectivity index (χ3n) is 5.06. The molecule has 3 nitrogen and oxygen atoms in total. The molecular formula is C24H25F2NO2S. The van der Waals surface area contributed by atoms with Crippen LogP contribution in [0.1, 0.15) is 17.5 Å². The zero-order valence-corrected chi connectivity index (χ0v) is 17.6. The molecule has 0 aliphatic carbocycles. The van der Waals surface area contributed by atoms with Crippen LogP contribution in [0, 0.1) is 18.6 Å². The minimum Gasteiger partial charge on any atom is -0.394 e. The van der Waals surface area contributed by atoms with Crippen molar-refractivity contribution in [1.29, 1.82) is 0 Å². The highest BCUT2D eigenvalue weighted by atomic mass is 32.2. The van der Waals surface area contributed by atoms with Gasteiger partial charge in [0, 0.05) is 15.4 Å². The highest BCUT2D eigenvalue weighted by Gasteiger charge is 2.22. The van der Waals surface area contributed by atoms with E-state index < -0.39 is 5.54 Å². The van der Waals surface area contributed by atoms with Gasteiger partial charge in [0.25, 0.3) is 0 Å². The molecule has 0 radical (unpaired) electrons. The summed E-state index contributed by atoms with van der Waals surface area (Å²) in [6.07, 6.45) is 1.03. The summed E-state index contributed by atoms with van der Waals surface area (Å²) in [5.74, 6) is -0.689. The number of hydrogen-bond donors (Lipinski definition) is 3. The lowest BCUT2D eigenvalue weighted by molar-refractivity contribution is 0.115. The van der Waals surface area contributed by atoms with E-state index in [1.165, 1.54) is 23.9 Å². The molecule has 3 rings (SSSR count). The molecule has 158 valence electrons. The Bertz CT molecular complexity index is 1000. The number of rotatable bonds is 8. The quantitative estimate of drug-likeness (QED) is 0.485. The van der Waals surface area contributed by atoms with Crippen LogP contribution in [0.4, 0.5) is 8.78 Å². The summed E-state index contributed by atoms with van der Waals surface area (Å²) in [7, 11) is 0. The summed E-state index contributed by atoms with van der Waals surface area (Å²) in [4.78, 5) is 1.08. The SMILES string of the molecule is Cc1ccc(Sc2ccc(-c3ccc(CCC(N)(CO)CO)cc3)c(F)c2)c(F)c1. The second-order valence-corrected chi connectivity index (χ2v) is 8.67. The molecule has 3 aromatic rings. The van der Waals surface area contributed by atoms with Crippen molar-refractivity contribution in [2.75, 3.05) is 13.2 Å². The summed E-state index contributed by atoms with van der Waals surface area (Å²) >= 11 is 1.19. The van der Waals surface area contributed by atoms with E-state index in [-0.39, 0.29) is 24.8 Å². The normalized spacial score (nSPS) is 11.7. The average Bonchev–Trinajstić information content (AvgIpc) is 2.75. The van der Waals surface area contributed by atoms with Gasteiger partial charge in [-0.2, -0.15) is 0 Å². The van der Waals surface area contributed by atoms with Crippen LogP contribution in [0.2, 0.25) is 0 Å². The molecule has 4 N–H and O–H groups in total. The smallest absolute Gasteiger partial charge is 0.137 e. The van der Waals surface area contributed by atoms with E-state index >= 15 is 0 Å². The van der Waals surface area contributed by atoms with Crippen molar-refractivity contribution >= 4 is 11.8 Å². The third-order valence-corrected chi connectivity index (χ3v) is 6.10. The van der Waals surface area contributed by atoms with Gasteiger partial charge in [0.1, 0.15) is 11.6 Å². The largest absolute Gasteiger partial charge is 0.394 e. The lowest BCUT2D eigenvalue weighted by Crippen LogP contribution is -2.47. The Hall–Kier alpha value is -2.25. The molecule has 0 fully saturated rings. The molecule has 30 heavy (non-hydrogen) atoms. The Labute approximate surface area is 179 Å². The van der Waals surface area contributed by atoms with E-state index in [1.807, 2.05) is 37.3 Å². The molecule has 0 aliphatic rings. The lowest BCUT2D eigenvalue weighted by atomic mass is 9.93. The van der Waals surface area contributed by atoms with Crippen LogP contribution in [0.3, 0.4) is 0 Å². The summed E-state index contributed by atoms with van der Waals surface area (Å²) in [6, 6.07) is 17.3. The molecule has 0 saturated carbocycles. The van der Waals surface area contributed by atoms with Gasteiger partial charge >= 0.3 is 0 Å². The molecule has 6 heteroatoms. The number of aliphatic hydroxyl groups excluding tert-OH is 2. The minimum absolute atomic E-state index is 0.288. The van der Waals surface area contributed by atoms with Crippen LogP contribution in [-0.2, 0) is 6.42 Å². The van der Waals surface area contributed by atoms with Gasteiger partial charge < -0.3 is 15.9 Å². The molecule has 3 aromatic carbocycles. The van der Waals surface area contributed by atoms with Crippen molar-refractivity contribution in [2.45, 2.75) is 35.1 Å². The minimum atomic E-state index is -1.00. The highest BCUT2D eigenvalue weighted by molar-refractivity contribution is 7.99. The first-order chi connectivity index (χ1) is 14.3. The van der Waals surface area contributed by atoms with Crippen LogP contribution in [0.25, 0.3) is 11.1 Å². The average molecular weight is 430 g/mol. The van der Waals surface area contributed by atoms with Gasteiger partial charge in [-0.3, -0.25) is 0 Å². The number of benzene rings is 3. The lowest BCUT2D eigenvalue weighted by Gasteiger charge is -2.24. The Balaban J connectivity index is 1.72. The van der Waals surface area contributed by atoms with Crippen LogP contribution >= 0.6 is 11.8 Å². The van der Waals surface area contributed by atoms with Gasteiger partial charge in [-0.1, -0.05) is 48.2 Å². The van der Waals surface area contributed by atoms with E-state index in [2.05, 4.69) is 0 Å². The second-order valence-electron chi connectivity index (χ2n) is 7.55. The third kappa shape index (κ3) is 5.46. The number of aliphatic hydroxyl groups is 2. The standard InChI is InChI=1S/C24H25F2NO2S/c1-16-2-9-23(22(26)12-16)30-19-7-8-20(21(25)13-19)18-5-3-17(4-6-18)10-11-24(27,14-28)15-29/h2-9,12-13,28-29H,10-11,14-15,27H2,1H3. The van der Waals surface area contributed by atoms with Crippen molar-refractivity contribution < 1.29 is 19.0 Å². The topological polar surface area (TPSA) is 66.5 Å². The van der Waals surface area contributed by atoms with E-state index in [9.17, 15) is 19.0 Å². The van der Waals surface area contributed by atoms with Gasteiger partial charge in [0.05, 0.1) is 18.8 Å². The molecule has 0 spiro atoms. The van der Waals surface area contributed by atoms with E-state index in [0.29, 0.717) is 28.2 Å². The molecule has 0 aliphatic heterocycles. The Kier molecular flexibility index (Phi) is 7.26. The molecule has 0 unspecified atom stereocenters. The first-order valence-electron chi connectivity index (χ1n) is 9.67. The van der Waals surface area contributed by atoms with Gasteiger partial charge in [-0.25, -0.2) is 8.78 Å². The fourth-order valence-corrected chi connectivity index (χ4v) is 3.91. The van der Waals surface area contributed by atoms with Crippen LogP contribution < -0.4 is 5.73 Å². The van der Waals surface area contributed by atoms with Crippen molar-refractivity contribution in [3.8, 4) is 11.1 Å². The Morgan fingerprint density at radius 3 is 2.20 bits per heavy atom. The maximum absolute atomic E-state index is 14.7. The van der Waals surface area contributed by atoms with Crippen molar-refractivity contribution in [1.82, 2.24) is 0 Å². The van der Waals surface area contributed by atoms with E-state index in [1.54, 1.807) is 18.2 Å². The molecule has 0 heterocycles. The monoisotopic (exact) mass is 429 g/mol. The van der Waals surface area contributed by atoms with Crippen molar-refractivity contribution in [2.24, 2.45) is 5.73 Å². The predicted octanol–water partition coefficient (Wildman–Crippen LogP) is 4.71. The molecule has 0 amide bonds. The van der Waals surface area contributed by atoms with Gasteiger partial charge in [-0.15, -0.1) is 0 Å². The first-order valence-corrected chi connectivity index (χ1v) is 10.5. The number of nitrogens with two attached hydrogens (primary N) is 1. The highest BCUT2D eigenvalue weighted by Crippen LogP contribution is 2.33. The summed E-state index contributed by atoms with van der Waals surface area (Å²) in [5, 5.41) is 18.6. The van der Waals surface area contributed by atoms with Crippen LogP contribution in [-0.4, -0.2) is 29.0 Å². The van der Waals surface area contributed by atoms with Gasteiger partial charge in [0.2, 0.25) is 0 Å². The summed E-state index contributed by atoms with van der Waals surface area (Å²) in [5.41, 5.74) is 7.92. The predicted molar refractivity (Wildman–Crippen MR) is 117 cm³/mol.